The smallest absolute Gasteiger partial charge is 0.134 e. The van der Waals surface area contributed by atoms with Crippen molar-refractivity contribution < 1.29 is 9.52 Å². The van der Waals surface area contributed by atoms with Crippen LogP contribution >= 0.6 is 11.6 Å². The lowest BCUT2D eigenvalue weighted by atomic mass is 9.92. The van der Waals surface area contributed by atoms with Gasteiger partial charge < -0.3 is 9.52 Å². The predicted octanol–water partition coefficient (Wildman–Crippen LogP) is 7.82. The molecule has 3 heteroatoms. The Hall–Kier alpha value is -3.49. The minimum Gasteiger partial charge on any atom is -0.516 e. The van der Waals surface area contributed by atoms with E-state index in [0.29, 0.717) is 5.03 Å². The van der Waals surface area contributed by atoms with Gasteiger partial charge in [0.1, 0.15) is 5.58 Å². The molecular formula is C27H19ClO2. The number of hydrogen-bond donors (Lipinski definition) is 1. The maximum Gasteiger partial charge on any atom is 0.134 e. The van der Waals surface area contributed by atoms with Crippen molar-refractivity contribution >= 4 is 28.1 Å². The van der Waals surface area contributed by atoms with Crippen LogP contribution in [0.3, 0.4) is 0 Å². The molecule has 0 fully saturated rings. The van der Waals surface area contributed by atoms with Gasteiger partial charge in [-0.2, -0.15) is 0 Å². The third-order valence-electron chi connectivity index (χ3n) is 5.57. The lowest BCUT2D eigenvalue weighted by Gasteiger charge is -2.13. The number of fused-ring (bicyclic) bond motifs is 4. The molecule has 0 amide bonds. The highest BCUT2D eigenvalue weighted by Gasteiger charge is 2.27. The van der Waals surface area contributed by atoms with Crippen molar-refractivity contribution in [1.29, 1.82) is 0 Å². The second-order valence-electron chi connectivity index (χ2n) is 7.23. The first-order chi connectivity index (χ1) is 14.8. The molecule has 0 saturated heterocycles. The molecule has 0 aliphatic heterocycles. The Bertz CT molecular complexity index is 1280. The molecule has 0 atom stereocenters. The van der Waals surface area contributed by atoms with Crippen molar-refractivity contribution in [1.82, 2.24) is 0 Å². The molecule has 2 nitrogen and oxygen atoms in total. The second kappa shape index (κ2) is 7.74. The van der Waals surface area contributed by atoms with Gasteiger partial charge >= 0.3 is 0 Å². The molecule has 0 unspecified atom stereocenters. The number of hydrogen-bond acceptors (Lipinski definition) is 2. The van der Waals surface area contributed by atoms with E-state index in [4.69, 9.17) is 21.1 Å². The Morgan fingerprint density at radius 3 is 2.20 bits per heavy atom. The van der Waals surface area contributed by atoms with Crippen LogP contribution in [0.4, 0.5) is 0 Å². The molecule has 146 valence electrons. The monoisotopic (exact) mass is 410 g/mol. The molecule has 1 heterocycles. The van der Waals surface area contributed by atoms with Crippen LogP contribution in [0.2, 0.25) is 0 Å². The first-order valence-corrected chi connectivity index (χ1v) is 10.2. The first kappa shape index (κ1) is 18.5. The van der Waals surface area contributed by atoms with E-state index in [9.17, 15) is 0 Å². The lowest BCUT2D eigenvalue weighted by Crippen LogP contribution is -1.95. The maximum absolute atomic E-state index is 9.12. The lowest BCUT2D eigenvalue weighted by molar-refractivity contribution is 0.473. The van der Waals surface area contributed by atoms with E-state index < -0.39 is 0 Å². The van der Waals surface area contributed by atoms with Crippen LogP contribution in [-0.2, 0) is 0 Å². The standard InChI is InChI=1S/C27H19ClO2/c28-26(13-7-15-29)24(25-17-30-27-14-6-5-12-22(25)27)16-23-20-10-3-1-8-18(20)19-9-2-4-11-21(19)23/h1-17,23,29H/b15-7-,24-16+,26-13+. The molecular weight excluding hydrogens is 392 g/mol. The fourth-order valence-corrected chi connectivity index (χ4v) is 4.48. The van der Waals surface area contributed by atoms with E-state index in [-0.39, 0.29) is 5.92 Å². The number of benzene rings is 3. The van der Waals surface area contributed by atoms with Crippen LogP contribution in [0.15, 0.2) is 113 Å². The van der Waals surface area contributed by atoms with Crippen LogP contribution in [0.1, 0.15) is 22.6 Å². The largest absolute Gasteiger partial charge is 0.516 e. The summed E-state index contributed by atoms with van der Waals surface area (Å²) >= 11 is 6.74. The van der Waals surface area contributed by atoms with Crippen molar-refractivity contribution in [3.05, 3.63) is 125 Å². The average Bonchev–Trinajstić information content (AvgIpc) is 3.35. The van der Waals surface area contributed by atoms with Crippen molar-refractivity contribution in [3.63, 3.8) is 0 Å². The Labute approximate surface area is 180 Å². The summed E-state index contributed by atoms with van der Waals surface area (Å²) in [6, 6.07) is 24.9. The highest BCUT2D eigenvalue weighted by molar-refractivity contribution is 6.37. The van der Waals surface area contributed by atoms with Crippen molar-refractivity contribution in [2.75, 3.05) is 0 Å². The Morgan fingerprint density at radius 2 is 1.50 bits per heavy atom. The van der Waals surface area contributed by atoms with Crippen molar-refractivity contribution in [2.45, 2.75) is 5.92 Å². The highest BCUT2D eigenvalue weighted by atomic mass is 35.5. The third kappa shape index (κ3) is 3.06. The summed E-state index contributed by atoms with van der Waals surface area (Å²) in [7, 11) is 0. The number of aliphatic hydroxyl groups excluding tert-OH is 1. The van der Waals surface area contributed by atoms with E-state index in [0.717, 1.165) is 28.4 Å². The molecule has 1 aliphatic rings. The van der Waals surface area contributed by atoms with Gasteiger partial charge in [0.25, 0.3) is 0 Å². The van der Waals surface area contributed by atoms with Crippen LogP contribution < -0.4 is 0 Å². The van der Waals surface area contributed by atoms with Gasteiger partial charge in [-0.25, -0.2) is 0 Å². The van der Waals surface area contributed by atoms with Gasteiger partial charge in [-0.15, -0.1) is 0 Å². The quantitative estimate of drug-likeness (QED) is 0.275. The molecule has 0 saturated carbocycles. The minimum absolute atomic E-state index is 0.0707. The molecule has 0 radical (unpaired) electrons. The topological polar surface area (TPSA) is 33.4 Å². The zero-order valence-corrected chi connectivity index (χ0v) is 16.9. The van der Waals surface area contributed by atoms with Crippen molar-refractivity contribution in [3.8, 4) is 11.1 Å². The summed E-state index contributed by atoms with van der Waals surface area (Å²) in [6.07, 6.45) is 8.15. The Balaban J connectivity index is 1.75. The normalized spacial score (nSPS) is 14.4. The fourth-order valence-electron chi connectivity index (χ4n) is 4.24. The maximum atomic E-state index is 9.12. The van der Waals surface area contributed by atoms with E-state index in [1.807, 2.05) is 24.3 Å². The molecule has 0 bridgehead atoms. The minimum atomic E-state index is 0.0707. The number of aliphatic hydroxyl groups is 1. The van der Waals surface area contributed by atoms with Crippen LogP contribution in [0.25, 0.3) is 27.7 Å². The van der Waals surface area contributed by atoms with E-state index in [2.05, 4.69) is 54.6 Å². The van der Waals surface area contributed by atoms with Gasteiger partial charge in [-0.1, -0.05) is 84.4 Å². The third-order valence-corrected chi connectivity index (χ3v) is 5.90. The summed E-state index contributed by atoms with van der Waals surface area (Å²) in [4.78, 5) is 0. The molecule has 1 N–H and O–H groups in total. The summed E-state index contributed by atoms with van der Waals surface area (Å²) in [5.41, 5.74) is 7.63. The van der Waals surface area contributed by atoms with Gasteiger partial charge in [-0.05, 0) is 40.5 Å². The summed E-state index contributed by atoms with van der Waals surface area (Å²) in [5, 5.41) is 10.7. The Morgan fingerprint density at radius 1 is 0.867 bits per heavy atom. The second-order valence-corrected chi connectivity index (χ2v) is 7.64. The summed E-state index contributed by atoms with van der Waals surface area (Å²) in [5.74, 6) is 0.0707. The first-order valence-electron chi connectivity index (χ1n) is 9.81. The average molecular weight is 411 g/mol. The zero-order valence-electron chi connectivity index (χ0n) is 16.1. The van der Waals surface area contributed by atoms with Gasteiger partial charge in [0.05, 0.1) is 12.5 Å². The number of allylic oxidation sites excluding steroid dienone is 5. The summed E-state index contributed by atoms with van der Waals surface area (Å²) in [6.45, 7) is 0. The van der Waals surface area contributed by atoms with Crippen LogP contribution in [0, 0.1) is 0 Å². The van der Waals surface area contributed by atoms with Crippen molar-refractivity contribution in [2.24, 2.45) is 0 Å². The molecule has 3 aromatic carbocycles. The highest BCUT2D eigenvalue weighted by Crippen LogP contribution is 2.47. The predicted molar refractivity (Wildman–Crippen MR) is 124 cm³/mol. The van der Waals surface area contributed by atoms with Gasteiger partial charge in [-0.3, -0.25) is 0 Å². The molecule has 1 aromatic heterocycles. The fraction of sp³-hybridized carbons (Fsp3) is 0.0370. The zero-order chi connectivity index (χ0) is 20.5. The molecule has 4 aromatic rings. The summed E-state index contributed by atoms with van der Waals surface area (Å²) < 4.78 is 5.79. The van der Waals surface area contributed by atoms with E-state index in [1.165, 1.54) is 28.3 Å². The SMILES string of the molecule is O\C=C/C=C(Cl)\C(=C\C1c2ccccc2-c2ccccc21)c1coc2ccccc12. The number of para-hydroxylation sites is 1. The van der Waals surface area contributed by atoms with Crippen LogP contribution in [0.5, 0.6) is 0 Å². The van der Waals surface area contributed by atoms with Gasteiger partial charge in [0.15, 0.2) is 0 Å². The number of rotatable bonds is 4. The molecule has 5 rings (SSSR count). The van der Waals surface area contributed by atoms with Gasteiger partial charge in [0.2, 0.25) is 0 Å². The van der Waals surface area contributed by atoms with Gasteiger partial charge in [0, 0.05) is 27.5 Å². The molecule has 0 spiro atoms. The number of halogens is 1. The van der Waals surface area contributed by atoms with Crippen LogP contribution in [-0.4, -0.2) is 5.11 Å². The van der Waals surface area contributed by atoms with E-state index >= 15 is 0 Å². The number of furan rings is 1. The molecule has 30 heavy (non-hydrogen) atoms. The molecule has 1 aliphatic carbocycles. The Kier molecular flexibility index (Phi) is 4.78. The van der Waals surface area contributed by atoms with E-state index in [1.54, 1.807) is 12.3 Å².